The minimum absolute atomic E-state index is 1.02. The zero-order valence-electron chi connectivity index (χ0n) is 12.3. The topological polar surface area (TPSA) is 47.6 Å². The highest BCUT2D eigenvalue weighted by Crippen LogP contribution is 2.38. The average Bonchev–Trinajstić information content (AvgIpc) is 2.55. The van der Waals surface area contributed by atoms with Gasteiger partial charge in [0.25, 0.3) is 0 Å². The van der Waals surface area contributed by atoms with Gasteiger partial charge in [-0.15, -0.1) is 0 Å². The molecule has 124 valence electrons. The van der Waals surface area contributed by atoms with Gasteiger partial charge in [0, 0.05) is 11.1 Å². The minimum atomic E-state index is -1.95. The Balaban J connectivity index is 3.14. The molecule has 0 heterocycles. The quantitative estimate of drug-likeness (QED) is 0.574. The number of hydrogen-bond acceptors (Lipinski definition) is 2. The van der Waals surface area contributed by atoms with Gasteiger partial charge in [0.15, 0.2) is 23.3 Å². The highest BCUT2D eigenvalue weighted by Gasteiger charge is 2.32. The molecule has 0 saturated carbocycles. The molecule has 0 bridgehead atoms. The van der Waals surface area contributed by atoms with E-state index in [0.29, 0.717) is 0 Å². The molecule has 0 radical (unpaired) electrons. The van der Waals surface area contributed by atoms with Crippen LogP contribution in [0.1, 0.15) is 36.8 Å². The highest BCUT2D eigenvalue weighted by molar-refractivity contribution is 5.87. The number of halogens is 6. The van der Waals surface area contributed by atoms with Crippen molar-refractivity contribution in [3.05, 3.63) is 46.0 Å². The highest BCUT2D eigenvalue weighted by atomic mass is 19.2. The summed E-state index contributed by atoms with van der Waals surface area (Å²) in [5.41, 5.74) is -2.25. The molecule has 2 nitrogen and oxygen atoms in total. The van der Waals surface area contributed by atoms with Gasteiger partial charge in [0.2, 0.25) is 0 Å². The van der Waals surface area contributed by atoms with E-state index in [9.17, 15) is 26.3 Å². The molecule has 24 heavy (non-hydrogen) atoms. The maximum Gasteiger partial charge on any atom is 0.170 e. The molecule has 0 aromatic heterocycles. The lowest BCUT2D eigenvalue weighted by atomic mass is 9.92. The summed E-state index contributed by atoms with van der Waals surface area (Å²) in [6.07, 6.45) is 0. The number of fused-ring (bicyclic) bond motifs is 1. The van der Waals surface area contributed by atoms with Crippen LogP contribution >= 0.6 is 0 Å². The summed E-state index contributed by atoms with van der Waals surface area (Å²) in [5, 5.41) is 14.6. The van der Waals surface area contributed by atoms with Crippen molar-refractivity contribution in [3.63, 3.8) is 0 Å². The molecule has 0 aliphatic carbocycles. The van der Waals surface area contributed by atoms with Crippen molar-refractivity contribution in [2.75, 3.05) is 0 Å². The second-order valence-corrected chi connectivity index (χ2v) is 5.16. The molecule has 2 unspecified atom stereocenters. The third-order valence-corrected chi connectivity index (χ3v) is 3.71. The molecule has 2 aromatic carbocycles. The van der Waals surface area contributed by atoms with Crippen LogP contribution in [0.15, 0.2) is 0 Å². The monoisotopic (exact) mass is 342 g/mol. The van der Waals surface area contributed by atoms with E-state index in [1.807, 2.05) is 0 Å². The van der Waals surface area contributed by atoms with E-state index in [1.165, 1.54) is 12.1 Å². The van der Waals surface area contributed by atoms with Crippen molar-refractivity contribution in [3.8, 4) is 12.1 Å². The van der Waals surface area contributed by atoms with Crippen LogP contribution in [-0.2, 0) is 0 Å². The summed E-state index contributed by atoms with van der Waals surface area (Å²) in [6.45, 7) is 2.03. The normalized spacial score (nSPS) is 13.4. The smallest absolute Gasteiger partial charge is 0.170 e. The molecule has 0 amide bonds. The Morgan fingerprint density at radius 2 is 0.875 bits per heavy atom. The fourth-order valence-electron chi connectivity index (χ4n) is 2.44. The number of benzene rings is 2. The van der Waals surface area contributed by atoms with E-state index in [2.05, 4.69) is 0 Å². The van der Waals surface area contributed by atoms with E-state index >= 15 is 0 Å². The number of nitrogens with zero attached hydrogens (tertiary/aromatic N) is 2. The van der Waals surface area contributed by atoms with Crippen LogP contribution in [0, 0.1) is 57.6 Å². The van der Waals surface area contributed by atoms with E-state index in [4.69, 9.17) is 10.5 Å². The van der Waals surface area contributed by atoms with Crippen molar-refractivity contribution in [2.45, 2.75) is 25.7 Å². The van der Waals surface area contributed by atoms with Gasteiger partial charge in [0.1, 0.15) is 11.6 Å². The van der Waals surface area contributed by atoms with Gasteiger partial charge in [0.05, 0.1) is 34.7 Å². The molecular weight excluding hydrogens is 334 g/mol. The maximum atomic E-state index is 14.4. The summed E-state index contributed by atoms with van der Waals surface area (Å²) in [7, 11) is 0. The van der Waals surface area contributed by atoms with Gasteiger partial charge in [-0.1, -0.05) is 0 Å². The zero-order chi connectivity index (χ0) is 18.3. The Labute approximate surface area is 132 Å². The van der Waals surface area contributed by atoms with Gasteiger partial charge >= 0.3 is 0 Å². The van der Waals surface area contributed by atoms with Crippen LogP contribution in [0.5, 0.6) is 0 Å². The lowest BCUT2D eigenvalue weighted by molar-refractivity contribution is 0.462. The molecule has 0 spiro atoms. The van der Waals surface area contributed by atoms with E-state index < -0.39 is 68.6 Å². The zero-order valence-corrected chi connectivity index (χ0v) is 12.3. The molecule has 0 saturated heterocycles. The third-order valence-electron chi connectivity index (χ3n) is 3.71. The predicted octanol–water partition coefficient (Wildman–Crippen LogP) is 4.93. The first kappa shape index (κ1) is 17.6. The SMILES string of the molecule is CC(C#N)c1c(F)c(F)c2c(F)c(C(C)C#N)c(F)c(F)c2c1F. The first-order valence-electron chi connectivity index (χ1n) is 6.64. The Hall–Kier alpha value is -2.74. The minimum Gasteiger partial charge on any atom is -0.206 e. The van der Waals surface area contributed by atoms with Crippen LogP contribution in [-0.4, -0.2) is 0 Å². The lowest BCUT2D eigenvalue weighted by Crippen LogP contribution is -2.11. The molecule has 2 aromatic rings. The summed E-state index contributed by atoms with van der Waals surface area (Å²) < 4.78 is 85.2. The maximum absolute atomic E-state index is 14.4. The van der Waals surface area contributed by atoms with Crippen molar-refractivity contribution in [1.29, 1.82) is 10.5 Å². The molecule has 0 aliphatic rings. The predicted molar refractivity (Wildman–Crippen MR) is 71.8 cm³/mol. The average molecular weight is 342 g/mol. The summed E-state index contributed by atoms with van der Waals surface area (Å²) in [6, 6.07) is 2.89. The van der Waals surface area contributed by atoms with Crippen molar-refractivity contribution < 1.29 is 26.3 Å². The largest absolute Gasteiger partial charge is 0.206 e. The first-order valence-corrected chi connectivity index (χ1v) is 6.64. The van der Waals surface area contributed by atoms with Crippen molar-refractivity contribution >= 4 is 10.8 Å². The second kappa shape index (κ2) is 6.04. The second-order valence-electron chi connectivity index (χ2n) is 5.16. The van der Waals surface area contributed by atoms with Gasteiger partial charge in [-0.3, -0.25) is 0 Å². The standard InChI is InChI=1S/C16H8F6N2/c1-5(3-23)7-11(17)9-10(15(21)13(7)19)12(18)8(6(2)4-24)14(20)16(9)22/h5-6H,1-2H3. The van der Waals surface area contributed by atoms with Crippen LogP contribution in [0.4, 0.5) is 26.3 Å². The van der Waals surface area contributed by atoms with Gasteiger partial charge in [-0.05, 0) is 13.8 Å². The fraction of sp³-hybridized carbons (Fsp3) is 0.250. The Morgan fingerprint density at radius 1 is 0.583 bits per heavy atom. The van der Waals surface area contributed by atoms with E-state index in [1.54, 1.807) is 0 Å². The fourth-order valence-corrected chi connectivity index (χ4v) is 2.44. The third kappa shape index (κ3) is 2.26. The number of rotatable bonds is 2. The van der Waals surface area contributed by atoms with Gasteiger partial charge < -0.3 is 0 Å². The molecule has 0 fully saturated rings. The summed E-state index contributed by atoms with van der Waals surface area (Å²) >= 11 is 0. The van der Waals surface area contributed by atoms with Crippen LogP contribution in [0.2, 0.25) is 0 Å². The molecule has 8 heteroatoms. The summed E-state index contributed by atoms with van der Waals surface area (Å²) in [4.78, 5) is 0. The lowest BCUT2D eigenvalue weighted by Gasteiger charge is -2.16. The Morgan fingerprint density at radius 3 is 1.12 bits per heavy atom. The molecule has 2 atom stereocenters. The Kier molecular flexibility index (Phi) is 4.44. The van der Waals surface area contributed by atoms with Crippen molar-refractivity contribution in [2.24, 2.45) is 0 Å². The van der Waals surface area contributed by atoms with Crippen LogP contribution in [0.3, 0.4) is 0 Å². The first-order chi connectivity index (χ1) is 11.2. The van der Waals surface area contributed by atoms with E-state index in [0.717, 1.165) is 13.8 Å². The molecule has 0 aliphatic heterocycles. The van der Waals surface area contributed by atoms with Gasteiger partial charge in [-0.25, -0.2) is 26.3 Å². The van der Waals surface area contributed by atoms with Crippen LogP contribution < -0.4 is 0 Å². The van der Waals surface area contributed by atoms with E-state index in [-0.39, 0.29) is 0 Å². The van der Waals surface area contributed by atoms with Gasteiger partial charge in [-0.2, -0.15) is 10.5 Å². The van der Waals surface area contributed by atoms with Crippen LogP contribution in [0.25, 0.3) is 10.8 Å². The molecule has 2 rings (SSSR count). The number of hydrogen-bond donors (Lipinski definition) is 0. The summed E-state index contributed by atoms with van der Waals surface area (Å²) in [5.74, 6) is -14.2. The molecule has 0 N–H and O–H groups in total. The molecular formula is C16H8F6N2. The number of nitriles is 2. The van der Waals surface area contributed by atoms with Crippen molar-refractivity contribution in [1.82, 2.24) is 0 Å². The Bertz CT molecular complexity index is 862.